The highest BCUT2D eigenvalue weighted by atomic mass is 16.5. The summed E-state index contributed by atoms with van der Waals surface area (Å²) in [5.74, 6) is 5.22. The summed E-state index contributed by atoms with van der Waals surface area (Å²) in [7, 11) is 0. The predicted molar refractivity (Wildman–Crippen MR) is 165 cm³/mol. The minimum Gasteiger partial charge on any atom is -0.370 e. The van der Waals surface area contributed by atoms with Crippen molar-refractivity contribution in [2.24, 2.45) is 51.5 Å². The summed E-state index contributed by atoms with van der Waals surface area (Å²) < 4.78 is 6.15. The van der Waals surface area contributed by atoms with E-state index in [9.17, 15) is 9.59 Å². The smallest absolute Gasteiger partial charge is 0.158 e. The van der Waals surface area contributed by atoms with Gasteiger partial charge in [-0.15, -0.1) is 0 Å². The molecule has 230 valence electrons. The number of azide groups is 1. The predicted octanol–water partition coefficient (Wildman–Crippen LogP) is 9.42. The first-order chi connectivity index (χ1) is 19.6. The molecule has 0 aliphatic heterocycles. The number of ketones is 2. The van der Waals surface area contributed by atoms with Gasteiger partial charge >= 0.3 is 0 Å². The molecule has 0 radical (unpaired) electrons. The molecule has 3 saturated carbocycles. The Morgan fingerprint density at radius 1 is 1.00 bits per heavy atom. The second kappa shape index (κ2) is 14.2. The van der Waals surface area contributed by atoms with Crippen molar-refractivity contribution in [3.63, 3.8) is 0 Å². The summed E-state index contributed by atoms with van der Waals surface area (Å²) in [5.41, 5.74) is 10.7. The summed E-state index contributed by atoms with van der Waals surface area (Å²) in [5, 5.41) is 3.40. The molecule has 0 aromatic rings. The van der Waals surface area contributed by atoms with E-state index in [4.69, 9.17) is 10.3 Å². The second-order valence-corrected chi connectivity index (χ2v) is 15.1. The average molecular weight is 568 g/mol. The highest BCUT2D eigenvalue weighted by Crippen LogP contribution is 2.67. The Morgan fingerprint density at radius 3 is 2.54 bits per heavy atom. The van der Waals surface area contributed by atoms with Gasteiger partial charge in [0.25, 0.3) is 0 Å². The molecular formula is C35H57N3O3. The van der Waals surface area contributed by atoms with Gasteiger partial charge in [0, 0.05) is 30.7 Å². The van der Waals surface area contributed by atoms with Crippen LogP contribution >= 0.6 is 0 Å². The molecule has 8 atom stereocenters. The van der Waals surface area contributed by atoms with Gasteiger partial charge in [0.05, 0.1) is 6.10 Å². The maximum absolute atomic E-state index is 12.4. The van der Waals surface area contributed by atoms with Gasteiger partial charge in [-0.3, -0.25) is 9.59 Å². The molecule has 0 N–H and O–H groups in total. The van der Waals surface area contributed by atoms with E-state index in [1.165, 1.54) is 57.8 Å². The zero-order chi connectivity index (χ0) is 29.6. The lowest BCUT2D eigenvalue weighted by atomic mass is 9.47. The van der Waals surface area contributed by atoms with Gasteiger partial charge in [0.2, 0.25) is 0 Å². The number of rotatable bonds is 15. The third-order valence-electron chi connectivity index (χ3n) is 12.2. The number of nitrogens with zero attached hydrogens (tertiary/aromatic N) is 3. The molecule has 0 aromatic heterocycles. The maximum atomic E-state index is 12.4. The van der Waals surface area contributed by atoms with Crippen molar-refractivity contribution in [1.29, 1.82) is 0 Å². The quantitative estimate of drug-likeness (QED) is 0.0853. The fourth-order valence-corrected chi connectivity index (χ4v) is 9.90. The van der Waals surface area contributed by atoms with Crippen LogP contribution in [0.1, 0.15) is 131 Å². The van der Waals surface area contributed by atoms with Crippen molar-refractivity contribution in [1.82, 2.24) is 0 Å². The van der Waals surface area contributed by atoms with Crippen molar-refractivity contribution in [2.45, 2.75) is 137 Å². The van der Waals surface area contributed by atoms with E-state index in [-0.39, 0.29) is 37.2 Å². The van der Waals surface area contributed by atoms with Crippen molar-refractivity contribution in [2.75, 3.05) is 13.2 Å². The minimum atomic E-state index is 0.0486. The molecule has 0 bridgehead atoms. The van der Waals surface area contributed by atoms with Crippen LogP contribution in [-0.4, -0.2) is 30.8 Å². The van der Waals surface area contributed by atoms with Gasteiger partial charge in [-0.05, 0) is 110 Å². The van der Waals surface area contributed by atoms with Gasteiger partial charge in [-0.2, -0.15) is 0 Å². The van der Waals surface area contributed by atoms with Crippen molar-refractivity contribution in [3.8, 4) is 0 Å². The molecule has 3 fully saturated rings. The largest absolute Gasteiger partial charge is 0.370 e. The van der Waals surface area contributed by atoms with Crippen LogP contribution in [0.4, 0.5) is 0 Å². The Kier molecular flexibility index (Phi) is 11.2. The van der Waals surface area contributed by atoms with Crippen molar-refractivity contribution in [3.05, 3.63) is 22.1 Å². The topological polar surface area (TPSA) is 92.1 Å². The van der Waals surface area contributed by atoms with Crippen molar-refractivity contribution >= 4 is 11.6 Å². The lowest BCUT2D eigenvalue weighted by Gasteiger charge is -2.58. The third kappa shape index (κ3) is 7.47. The Balaban J connectivity index is 1.27. The third-order valence-corrected chi connectivity index (χ3v) is 12.2. The zero-order valence-corrected chi connectivity index (χ0v) is 26.7. The summed E-state index contributed by atoms with van der Waals surface area (Å²) >= 11 is 0. The average Bonchev–Trinajstić information content (AvgIpc) is 3.29. The molecule has 6 nitrogen and oxygen atoms in total. The number of hydrogen-bond acceptors (Lipinski definition) is 4. The number of Topliss-reactive ketones (excluding diaryl/α,β-unsaturated/α-hetero) is 2. The standard InChI is InChI=1S/C35H57N3O3/c1-24(2)8-6-9-25(3)31-14-15-32-30-13-12-26-22-29(16-19-34(26,4)33(30)17-20-35(31,32)5)41-23-28(40)11-7-10-27(39)18-21-37-38-36/h12,24-25,29-33H,6-11,13-23H2,1-5H3/t25?,29-,30-,31+,32-,33-,34-,35+/m0/s1. The van der Waals surface area contributed by atoms with E-state index in [1.807, 2.05) is 0 Å². The van der Waals surface area contributed by atoms with Crippen LogP contribution in [0.2, 0.25) is 0 Å². The number of allylic oxidation sites excluding steroid dienone is 1. The van der Waals surface area contributed by atoms with E-state index >= 15 is 0 Å². The SMILES string of the molecule is CC(C)CCCC(C)[C@H]1CC[C@H]2[C@@H]3CC=C4C[C@@H](OCC(=O)CCCC(=O)CCN=[N+]=[N-])CC[C@]4(C)[C@H]3CC[C@]12C. The highest BCUT2D eigenvalue weighted by molar-refractivity contribution is 5.82. The lowest BCUT2D eigenvalue weighted by molar-refractivity contribution is -0.127. The molecule has 4 rings (SSSR count). The fraction of sp³-hybridized carbons (Fsp3) is 0.886. The number of hydrogen-bond donors (Lipinski definition) is 0. The fourth-order valence-electron chi connectivity index (χ4n) is 9.90. The molecule has 4 aliphatic carbocycles. The number of carbonyl (C=O) groups is 2. The van der Waals surface area contributed by atoms with Gasteiger partial charge in [-0.1, -0.05) is 70.6 Å². The van der Waals surface area contributed by atoms with Crippen LogP contribution in [0.3, 0.4) is 0 Å². The number of ether oxygens (including phenoxy) is 1. The summed E-state index contributed by atoms with van der Waals surface area (Å²) in [6.07, 6.45) is 18.5. The van der Waals surface area contributed by atoms with Gasteiger partial charge in [0.1, 0.15) is 12.4 Å². The Morgan fingerprint density at radius 2 is 1.78 bits per heavy atom. The second-order valence-electron chi connectivity index (χ2n) is 15.1. The zero-order valence-electron chi connectivity index (χ0n) is 26.7. The molecule has 1 unspecified atom stereocenters. The van der Waals surface area contributed by atoms with Crippen LogP contribution in [0.5, 0.6) is 0 Å². The normalized spacial score (nSPS) is 35.1. The van der Waals surface area contributed by atoms with Crippen LogP contribution in [-0.2, 0) is 14.3 Å². The van der Waals surface area contributed by atoms with Gasteiger partial charge in [0.15, 0.2) is 5.78 Å². The summed E-state index contributed by atoms with van der Waals surface area (Å²) in [6, 6.07) is 0. The van der Waals surface area contributed by atoms with Crippen LogP contribution in [0.25, 0.3) is 10.4 Å². The van der Waals surface area contributed by atoms with E-state index in [0.717, 1.165) is 48.3 Å². The molecule has 6 heteroatoms. The van der Waals surface area contributed by atoms with E-state index in [2.05, 4.69) is 50.7 Å². The first-order valence-electron chi connectivity index (χ1n) is 16.9. The number of carbonyl (C=O) groups excluding carboxylic acids is 2. The molecule has 0 amide bonds. The molecule has 0 heterocycles. The molecular weight excluding hydrogens is 510 g/mol. The summed E-state index contributed by atoms with van der Waals surface area (Å²) in [4.78, 5) is 26.9. The van der Waals surface area contributed by atoms with Crippen LogP contribution < -0.4 is 0 Å². The minimum absolute atomic E-state index is 0.0486. The van der Waals surface area contributed by atoms with E-state index < -0.39 is 0 Å². The highest BCUT2D eigenvalue weighted by Gasteiger charge is 2.59. The Bertz CT molecular complexity index is 1000. The maximum Gasteiger partial charge on any atom is 0.158 e. The molecule has 0 saturated heterocycles. The lowest BCUT2D eigenvalue weighted by Crippen LogP contribution is -2.51. The van der Waals surface area contributed by atoms with Gasteiger partial charge in [-0.25, -0.2) is 0 Å². The molecule has 0 spiro atoms. The van der Waals surface area contributed by atoms with Crippen LogP contribution in [0.15, 0.2) is 16.8 Å². The van der Waals surface area contributed by atoms with E-state index in [1.54, 1.807) is 5.57 Å². The molecule has 0 aromatic carbocycles. The molecule has 41 heavy (non-hydrogen) atoms. The van der Waals surface area contributed by atoms with Crippen molar-refractivity contribution < 1.29 is 14.3 Å². The first kappa shape index (κ1) is 32.3. The van der Waals surface area contributed by atoms with Gasteiger partial charge < -0.3 is 4.74 Å². The Labute approximate surface area is 249 Å². The van der Waals surface area contributed by atoms with Crippen LogP contribution in [0, 0.1) is 46.3 Å². The molecule has 4 aliphatic rings. The summed E-state index contributed by atoms with van der Waals surface area (Å²) in [6.45, 7) is 12.9. The first-order valence-corrected chi connectivity index (χ1v) is 16.9. The number of fused-ring (bicyclic) bond motifs is 5. The Hall–Kier alpha value is -1.65. The monoisotopic (exact) mass is 567 g/mol. The van der Waals surface area contributed by atoms with E-state index in [0.29, 0.717) is 30.1 Å².